The molecule has 5 fully saturated rings. The minimum absolute atomic E-state index is 0.0763. The molecule has 0 aromatic rings. The summed E-state index contributed by atoms with van der Waals surface area (Å²) < 4.78 is 5.92. The number of allylic oxidation sites excluding steroid dienone is 1. The molecule has 4 saturated carbocycles. The lowest BCUT2D eigenvalue weighted by molar-refractivity contribution is -0.141. The summed E-state index contributed by atoms with van der Waals surface area (Å²) in [6.07, 6.45) is 15.3. The van der Waals surface area contributed by atoms with E-state index in [0.717, 1.165) is 49.4 Å². The lowest BCUT2D eigenvalue weighted by atomic mass is 9.46. The Kier molecular flexibility index (Phi) is 3.55. The van der Waals surface area contributed by atoms with E-state index in [1.54, 1.807) is 5.57 Å². The highest BCUT2D eigenvalue weighted by molar-refractivity contribution is 5.73. The second-order valence-corrected chi connectivity index (χ2v) is 11.2. The number of carbonyl (C=O) groups excluding carboxylic acids is 1. The summed E-state index contributed by atoms with van der Waals surface area (Å²) in [5, 5.41) is 10.2. The van der Waals surface area contributed by atoms with Crippen molar-refractivity contribution in [2.24, 2.45) is 40.4 Å². The predicted octanol–water partition coefficient (Wildman–Crippen LogP) is 4.63. The average Bonchev–Trinajstić information content (AvgIpc) is 3.32. The van der Waals surface area contributed by atoms with Gasteiger partial charge in [-0.05, 0) is 86.4 Å². The number of carbonyl (C=O) groups is 1. The van der Waals surface area contributed by atoms with Gasteiger partial charge in [0, 0.05) is 5.41 Å². The molecule has 6 rings (SSSR count). The van der Waals surface area contributed by atoms with Gasteiger partial charge >= 0.3 is 5.97 Å². The summed E-state index contributed by atoms with van der Waals surface area (Å²) in [5.41, 5.74) is 1.99. The molecule has 6 aliphatic rings. The van der Waals surface area contributed by atoms with Crippen LogP contribution < -0.4 is 0 Å². The van der Waals surface area contributed by atoms with E-state index in [0.29, 0.717) is 12.3 Å². The number of hydrogen-bond donors (Lipinski definition) is 1. The fraction of sp³-hybridized carbons (Fsp3) is 0.875. The van der Waals surface area contributed by atoms with E-state index in [2.05, 4.69) is 13.0 Å². The first kappa shape index (κ1) is 17.1. The van der Waals surface area contributed by atoms with Crippen molar-refractivity contribution >= 4 is 5.97 Å². The molecule has 27 heavy (non-hydrogen) atoms. The zero-order valence-electron chi connectivity index (χ0n) is 16.7. The van der Waals surface area contributed by atoms with Crippen LogP contribution in [0.4, 0.5) is 0 Å². The van der Waals surface area contributed by atoms with Crippen LogP contribution in [0.3, 0.4) is 0 Å². The van der Waals surface area contributed by atoms with Crippen molar-refractivity contribution in [2.75, 3.05) is 0 Å². The largest absolute Gasteiger partial charge is 0.462 e. The second-order valence-electron chi connectivity index (χ2n) is 11.2. The van der Waals surface area contributed by atoms with E-state index in [4.69, 9.17) is 4.74 Å². The van der Waals surface area contributed by atoms with Crippen LogP contribution in [-0.4, -0.2) is 23.3 Å². The molecule has 5 aliphatic carbocycles. The van der Waals surface area contributed by atoms with Crippen LogP contribution in [0.5, 0.6) is 0 Å². The molecule has 3 heteroatoms. The Morgan fingerprint density at radius 2 is 2.07 bits per heavy atom. The van der Waals surface area contributed by atoms with Gasteiger partial charge in [-0.25, -0.2) is 0 Å². The zero-order chi connectivity index (χ0) is 18.4. The summed E-state index contributed by atoms with van der Waals surface area (Å²) in [6.45, 7) is 2.50. The van der Waals surface area contributed by atoms with Gasteiger partial charge in [0.2, 0.25) is 0 Å². The molecular weight excluding hydrogens is 336 g/mol. The van der Waals surface area contributed by atoms with Crippen LogP contribution in [0.2, 0.25) is 0 Å². The minimum atomic E-state index is -0.130. The number of fused-ring (bicyclic) bond motifs is 4. The van der Waals surface area contributed by atoms with Gasteiger partial charge in [0.15, 0.2) is 0 Å². The van der Waals surface area contributed by atoms with Crippen molar-refractivity contribution in [3.05, 3.63) is 11.6 Å². The number of aliphatic hydroxyl groups is 1. The molecule has 0 amide bonds. The van der Waals surface area contributed by atoms with Crippen LogP contribution in [0.15, 0.2) is 11.6 Å². The fourth-order valence-corrected chi connectivity index (χ4v) is 8.65. The molecule has 0 radical (unpaired) electrons. The maximum atomic E-state index is 12.3. The summed E-state index contributed by atoms with van der Waals surface area (Å²) in [4.78, 5) is 12.3. The fourth-order valence-electron chi connectivity index (χ4n) is 8.65. The van der Waals surface area contributed by atoms with Crippen molar-refractivity contribution in [3.63, 3.8) is 0 Å². The van der Waals surface area contributed by atoms with E-state index < -0.39 is 0 Å². The average molecular weight is 371 g/mol. The highest BCUT2D eigenvalue weighted by Crippen LogP contribution is 2.70. The molecule has 4 unspecified atom stereocenters. The van der Waals surface area contributed by atoms with Crippen LogP contribution in [0.1, 0.15) is 77.6 Å². The smallest absolute Gasteiger partial charge is 0.306 e. The van der Waals surface area contributed by atoms with Gasteiger partial charge in [-0.3, -0.25) is 4.79 Å². The van der Waals surface area contributed by atoms with Crippen LogP contribution in [-0.2, 0) is 9.53 Å². The Balaban J connectivity index is 1.38. The maximum Gasteiger partial charge on any atom is 0.306 e. The molecule has 0 aromatic carbocycles. The molecule has 1 N–H and O–H groups in total. The van der Waals surface area contributed by atoms with Crippen LogP contribution in [0.25, 0.3) is 0 Å². The maximum absolute atomic E-state index is 12.3. The van der Waals surface area contributed by atoms with Gasteiger partial charge in [-0.2, -0.15) is 0 Å². The number of hydrogen-bond acceptors (Lipinski definition) is 3. The Hall–Kier alpha value is -0.830. The Morgan fingerprint density at radius 3 is 2.89 bits per heavy atom. The van der Waals surface area contributed by atoms with Gasteiger partial charge in [-0.1, -0.05) is 31.4 Å². The van der Waals surface area contributed by atoms with Gasteiger partial charge in [0.05, 0.1) is 12.5 Å². The second kappa shape index (κ2) is 5.62. The molecule has 148 valence electrons. The van der Waals surface area contributed by atoms with Crippen LogP contribution >= 0.6 is 0 Å². The van der Waals surface area contributed by atoms with Gasteiger partial charge in [-0.15, -0.1) is 0 Å². The summed E-state index contributed by atoms with van der Waals surface area (Å²) >= 11 is 0. The van der Waals surface area contributed by atoms with Crippen molar-refractivity contribution < 1.29 is 14.6 Å². The third-order valence-corrected chi connectivity index (χ3v) is 9.95. The Labute approximate surface area is 162 Å². The number of rotatable bonds is 2. The molecule has 0 bridgehead atoms. The minimum Gasteiger partial charge on any atom is -0.462 e. The standard InChI is InChI=1S/C24H34O3/c1-23-8-6-17(25)12-16(23)4-5-18-19(23)7-9-24-13-21(26)27-20(24)11-15(22(18)24)10-14-2-3-14/h4,14-15,17-20,22,25H,2-3,5-13H2,1H3/t15?,17-,18?,19?,20-,22?,23-,24-/m0/s1. The Morgan fingerprint density at radius 1 is 1.22 bits per heavy atom. The molecule has 1 spiro atoms. The molecular formula is C24H34O3. The SMILES string of the molecule is C[C@]12CC[C@H](O)CC1=CCC1C3C(CC4CC4)C[C@@H]4OC(=O)C[C@]34CCC12. The molecule has 1 heterocycles. The highest BCUT2D eigenvalue weighted by Gasteiger charge is 2.67. The van der Waals surface area contributed by atoms with E-state index in [1.807, 2.05) is 0 Å². The lowest BCUT2D eigenvalue weighted by Crippen LogP contribution is -2.52. The summed E-state index contributed by atoms with van der Waals surface area (Å²) in [5.74, 6) is 3.97. The first-order chi connectivity index (χ1) is 13.0. The van der Waals surface area contributed by atoms with Crippen molar-refractivity contribution in [2.45, 2.75) is 89.8 Å². The molecule has 1 saturated heterocycles. The summed E-state index contributed by atoms with van der Waals surface area (Å²) in [7, 11) is 0. The van der Waals surface area contributed by atoms with E-state index >= 15 is 0 Å². The van der Waals surface area contributed by atoms with E-state index in [-0.39, 0.29) is 29.0 Å². The lowest BCUT2D eigenvalue weighted by Gasteiger charge is -2.58. The zero-order valence-corrected chi connectivity index (χ0v) is 16.7. The third-order valence-electron chi connectivity index (χ3n) is 9.95. The predicted molar refractivity (Wildman–Crippen MR) is 103 cm³/mol. The molecule has 1 aliphatic heterocycles. The first-order valence-corrected chi connectivity index (χ1v) is 11.6. The molecule has 0 aromatic heterocycles. The normalized spacial score (nSPS) is 53.7. The third kappa shape index (κ3) is 2.33. The number of ether oxygens (including phenoxy) is 1. The first-order valence-electron chi connectivity index (χ1n) is 11.6. The monoisotopic (exact) mass is 370 g/mol. The van der Waals surface area contributed by atoms with E-state index in [9.17, 15) is 9.90 Å². The number of aliphatic hydroxyl groups excluding tert-OH is 1. The van der Waals surface area contributed by atoms with Crippen molar-refractivity contribution in [1.82, 2.24) is 0 Å². The van der Waals surface area contributed by atoms with Crippen LogP contribution in [0, 0.1) is 40.4 Å². The highest BCUT2D eigenvalue weighted by atomic mass is 16.6. The van der Waals surface area contributed by atoms with Gasteiger partial charge in [0.1, 0.15) is 6.10 Å². The topological polar surface area (TPSA) is 46.5 Å². The molecule has 8 atom stereocenters. The van der Waals surface area contributed by atoms with Crippen molar-refractivity contribution in [3.8, 4) is 0 Å². The van der Waals surface area contributed by atoms with Crippen molar-refractivity contribution in [1.29, 1.82) is 0 Å². The summed E-state index contributed by atoms with van der Waals surface area (Å²) in [6, 6.07) is 0. The van der Waals surface area contributed by atoms with Gasteiger partial charge in [0.25, 0.3) is 0 Å². The molecule has 3 nitrogen and oxygen atoms in total. The van der Waals surface area contributed by atoms with E-state index in [1.165, 1.54) is 38.5 Å². The Bertz CT molecular complexity index is 694. The van der Waals surface area contributed by atoms with Gasteiger partial charge < -0.3 is 9.84 Å². The number of esters is 1. The quantitative estimate of drug-likeness (QED) is 0.569.